The first-order valence-electron chi connectivity index (χ1n) is 4.54. The number of ether oxygens (including phenoxy) is 1. The Kier molecular flexibility index (Phi) is 3.79. The third kappa shape index (κ3) is 2.65. The molecule has 0 heterocycles. The minimum absolute atomic E-state index is 0.326. The molecule has 4 heteroatoms. The van der Waals surface area contributed by atoms with E-state index in [0.717, 1.165) is 24.3 Å². The first kappa shape index (κ1) is 10.4. The number of rotatable bonds is 4. The SMILES string of the molecule is CCCOc1ccc(C(N)=NN)cc1. The van der Waals surface area contributed by atoms with Gasteiger partial charge in [-0.3, -0.25) is 0 Å². The Labute approximate surface area is 83.5 Å². The maximum absolute atomic E-state index is 5.53. The molecular formula is C10H15N3O. The number of benzene rings is 1. The largest absolute Gasteiger partial charge is 0.494 e. The Bertz CT molecular complexity index is 306. The molecule has 1 aromatic carbocycles. The molecule has 0 fully saturated rings. The molecule has 0 bridgehead atoms. The van der Waals surface area contributed by atoms with Crippen LogP contribution in [-0.2, 0) is 0 Å². The topological polar surface area (TPSA) is 73.6 Å². The summed E-state index contributed by atoms with van der Waals surface area (Å²) in [4.78, 5) is 0. The Morgan fingerprint density at radius 2 is 2.00 bits per heavy atom. The van der Waals surface area contributed by atoms with E-state index in [0.29, 0.717) is 5.84 Å². The maximum atomic E-state index is 5.53. The zero-order valence-electron chi connectivity index (χ0n) is 8.23. The molecule has 1 rings (SSSR count). The third-order valence-electron chi connectivity index (χ3n) is 1.76. The molecule has 1 aromatic rings. The molecule has 0 atom stereocenters. The standard InChI is InChI=1S/C10H15N3O/c1-2-7-14-9-5-3-8(4-6-9)10(11)13-12/h3-6H,2,7,12H2,1H3,(H2,11,13). The molecule has 0 unspecified atom stereocenters. The lowest BCUT2D eigenvalue weighted by Crippen LogP contribution is -2.15. The van der Waals surface area contributed by atoms with Crippen LogP contribution in [-0.4, -0.2) is 12.4 Å². The lowest BCUT2D eigenvalue weighted by Gasteiger charge is -2.04. The molecule has 4 N–H and O–H groups in total. The van der Waals surface area contributed by atoms with Gasteiger partial charge in [0.15, 0.2) is 0 Å². The van der Waals surface area contributed by atoms with Gasteiger partial charge in [-0.05, 0) is 30.7 Å². The highest BCUT2D eigenvalue weighted by molar-refractivity contribution is 5.97. The number of hydrogen-bond donors (Lipinski definition) is 2. The van der Waals surface area contributed by atoms with E-state index in [9.17, 15) is 0 Å². The van der Waals surface area contributed by atoms with Crippen LogP contribution in [0.25, 0.3) is 0 Å². The van der Waals surface area contributed by atoms with Gasteiger partial charge in [-0.25, -0.2) is 0 Å². The molecule has 14 heavy (non-hydrogen) atoms. The van der Waals surface area contributed by atoms with Crippen molar-refractivity contribution in [1.29, 1.82) is 0 Å². The molecule has 0 amide bonds. The molecule has 0 aliphatic rings. The average molecular weight is 193 g/mol. The van der Waals surface area contributed by atoms with Crippen LogP contribution in [0.2, 0.25) is 0 Å². The van der Waals surface area contributed by atoms with Crippen LogP contribution in [0, 0.1) is 0 Å². The molecular weight excluding hydrogens is 178 g/mol. The van der Waals surface area contributed by atoms with Crippen molar-refractivity contribution in [2.45, 2.75) is 13.3 Å². The van der Waals surface area contributed by atoms with Crippen molar-refractivity contribution < 1.29 is 4.74 Å². The molecule has 0 spiro atoms. The molecule has 0 aliphatic carbocycles. The summed E-state index contributed by atoms with van der Waals surface area (Å²) < 4.78 is 5.41. The van der Waals surface area contributed by atoms with E-state index < -0.39 is 0 Å². The summed E-state index contributed by atoms with van der Waals surface area (Å²) in [5.41, 5.74) is 6.33. The molecule has 0 aromatic heterocycles. The van der Waals surface area contributed by atoms with E-state index in [1.54, 1.807) is 0 Å². The minimum Gasteiger partial charge on any atom is -0.494 e. The van der Waals surface area contributed by atoms with E-state index in [1.165, 1.54) is 0 Å². The number of amidine groups is 1. The number of hydrazone groups is 1. The van der Waals surface area contributed by atoms with Crippen LogP contribution < -0.4 is 16.3 Å². The van der Waals surface area contributed by atoms with Crippen molar-refractivity contribution in [3.05, 3.63) is 29.8 Å². The summed E-state index contributed by atoms with van der Waals surface area (Å²) in [6.07, 6.45) is 0.994. The number of nitrogens with two attached hydrogens (primary N) is 2. The second-order valence-electron chi connectivity index (χ2n) is 2.89. The summed E-state index contributed by atoms with van der Waals surface area (Å²) in [6, 6.07) is 7.36. The first-order valence-corrected chi connectivity index (χ1v) is 4.54. The fourth-order valence-corrected chi connectivity index (χ4v) is 1.02. The first-order chi connectivity index (χ1) is 6.77. The molecule has 76 valence electrons. The molecule has 0 radical (unpaired) electrons. The Morgan fingerprint density at radius 1 is 1.36 bits per heavy atom. The van der Waals surface area contributed by atoms with Crippen molar-refractivity contribution >= 4 is 5.84 Å². The van der Waals surface area contributed by atoms with Crippen LogP contribution in [0.15, 0.2) is 29.4 Å². The van der Waals surface area contributed by atoms with E-state index in [1.807, 2.05) is 24.3 Å². The number of nitrogens with zero attached hydrogens (tertiary/aromatic N) is 1. The summed E-state index contributed by atoms with van der Waals surface area (Å²) in [5.74, 6) is 6.21. The Balaban J connectivity index is 2.68. The highest BCUT2D eigenvalue weighted by Crippen LogP contribution is 2.11. The fraction of sp³-hybridized carbons (Fsp3) is 0.300. The second-order valence-corrected chi connectivity index (χ2v) is 2.89. The van der Waals surface area contributed by atoms with Gasteiger partial charge < -0.3 is 16.3 Å². The van der Waals surface area contributed by atoms with E-state index in [4.69, 9.17) is 16.3 Å². The van der Waals surface area contributed by atoms with E-state index in [2.05, 4.69) is 12.0 Å². The van der Waals surface area contributed by atoms with Gasteiger partial charge >= 0.3 is 0 Å². The van der Waals surface area contributed by atoms with Gasteiger partial charge in [0.2, 0.25) is 0 Å². The third-order valence-corrected chi connectivity index (χ3v) is 1.76. The lowest BCUT2D eigenvalue weighted by atomic mass is 10.2. The van der Waals surface area contributed by atoms with E-state index in [-0.39, 0.29) is 0 Å². The summed E-state index contributed by atoms with van der Waals surface area (Å²) in [7, 11) is 0. The highest BCUT2D eigenvalue weighted by atomic mass is 16.5. The lowest BCUT2D eigenvalue weighted by molar-refractivity contribution is 0.317. The Morgan fingerprint density at radius 3 is 2.50 bits per heavy atom. The van der Waals surface area contributed by atoms with Crippen molar-refractivity contribution in [3.63, 3.8) is 0 Å². The van der Waals surface area contributed by atoms with Gasteiger partial charge in [-0.15, -0.1) is 0 Å². The number of hydrogen-bond acceptors (Lipinski definition) is 3. The maximum Gasteiger partial charge on any atom is 0.150 e. The predicted molar refractivity (Wildman–Crippen MR) is 57.1 cm³/mol. The van der Waals surface area contributed by atoms with Gasteiger partial charge in [0.05, 0.1) is 6.61 Å². The minimum atomic E-state index is 0.326. The van der Waals surface area contributed by atoms with Crippen LogP contribution in [0.5, 0.6) is 5.75 Å². The average Bonchev–Trinajstić information content (AvgIpc) is 2.26. The van der Waals surface area contributed by atoms with Crippen molar-refractivity contribution in [3.8, 4) is 5.75 Å². The van der Waals surface area contributed by atoms with Crippen LogP contribution in [0.3, 0.4) is 0 Å². The Hall–Kier alpha value is -1.71. The normalized spacial score (nSPS) is 11.4. The van der Waals surface area contributed by atoms with Gasteiger partial charge in [0.25, 0.3) is 0 Å². The van der Waals surface area contributed by atoms with Crippen molar-refractivity contribution in [1.82, 2.24) is 0 Å². The van der Waals surface area contributed by atoms with Gasteiger partial charge in [0, 0.05) is 5.56 Å². The second kappa shape index (κ2) is 5.11. The van der Waals surface area contributed by atoms with Crippen molar-refractivity contribution in [2.75, 3.05) is 6.61 Å². The summed E-state index contributed by atoms with van der Waals surface area (Å²) in [6.45, 7) is 2.78. The van der Waals surface area contributed by atoms with Crippen LogP contribution in [0.4, 0.5) is 0 Å². The van der Waals surface area contributed by atoms with Crippen LogP contribution >= 0.6 is 0 Å². The van der Waals surface area contributed by atoms with E-state index >= 15 is 0 Å². The summed E-state index contributed by atoms with van der Waals surface area (Å²) >= 11 is 0. The fourth-order valence-electron chi connectivity index (χ4n) is 1.02. The molecule has 0 saturated carbocycles. The molecule has 4 nitrogen and oxygen atoms in total. The zero-order valence-corrected chi connectivity index (χ0v) is 8.23. The van der Waals surface area contributed by atoms with Crippen molar-refractivity contribution in [2.24, 2.45) is 16.7 Å². The van der Waals surface area contributed by atoms with Crippen LogP contribution in [0.1, 0.15) is 18.9 Å². The van der Waals surface area contributed by atoms with Gasteiger partial charge in [-0.1, -0.05) is 6.92 Å². The monoisotopic (exact) mass is 193 g/mol. The molecule has 0 aliphatic heterocycles. The highest BCUT2D eigenvalue weighted by Gasteiger charge is 1.98. The zero-order chi connectivity index (χ0) is 10.4. The quantitative estimate of drug-likeness (QED) is 0.325. The van der Waals surface area contributed by atoms with Gasteiger partial charge in [-0.2, -0.15) is 5.10 Å². The van der Waals surface area contributed by atoms with Gasteiger partial charge in [0.1, 0.15) is 11.6 Å². The molecule has 0 saturated heterocycles. The smallest absolute Gasteiger partial charge is 0.150 e. The predicted octanol–water partition coefficient (Wildman–Crippen LogP) is 1.05. The summed E-state index contributed by atoms with van der Waals surface area (Å²) in [5, 5.41) is 3.40.